The number of sulfonamides is 1. The molecule has 2 aromatic carbocycles. The number of nitrogens with one attached hydrogen (secondary N) is 2. The van der Waals surface area contributed by atoms with Crippen LogP contribution in [0, 0.1) is 13.8 Å². The summed E-state index contributed by atoms with van der Waals surface area (Å²) >= 11 is 0. The van der Waals surface area contributed by atoms with Gasteiger partial charge in [0.15, 0.2) is 0 Å². The summed E-state index contributed by atoms with van der Waals surface area (Å²) in [5, 5.41) is 10.2. The lowest BCUT2D eigenvalue weighted by Gasteiger charge is -2.15. The first kappa shape index (κ1) is 19.6. The zero-order chi connectivity index (χ0) is 19.5. The Bertz CT molecular complexity index is 937. The molecule has 0 fully saturated rings. The molecule has 0 radical (unpaired) electrons. The minimum Gasteiger partial charge on any atom is -0.341 e. The minimum atomic E-state index is -3.78. The van der Waals surface area contributed by atoms with Crippen LogP contribution in [-0.2, 0) is 19.6 Å². The number of hydrogen-bond acceptors (Lipinski definition) is 4. The van der Waals surface area contributed by atoms with E-state index in [0.29, 0.717) is 11.3 Å². The van der Waals surface area contributed by atoms with Crippen LogP contribution in [0.15, 0.2) is 47.4 Å². The van der Waals surface area contributed by atoms with E-state index in [2.05, 4.69) is 10.6 Å². The average molecular weight is 375 g/mol. The van der Waals surface area contributed by atoms with Crippen LogP contribution in [0.4, 0.5) is 5.69 Å². The number of rotatable bonds is 4. The highest BCUT2D eigenvalue weighted by Crippen LogP contribution is 2.17. The number of nitrogens with two attached hydrogens (primary N) is 1. The van der Waals surface area contributed by atoms with Gasteiger partial charge >= 0.3 is 11.8 Å². The highest BCUT2D eigenvalue weighted by molar-refractivity contribution is 7.89. The van der Waals surface area contributed by atoms with Gasteiger partial charge in [-0.3, -0.25) is 9.59 Å². The van der Waals surface area contributed by atoms with E-state index in [0.717, 1.165) is 11.1 Å². The third-order valence-corrected chi connectivity index (χ3v) is 4.83. The molecule has 1 atom stereocenters. The lowest BCUT2D eigenvalue weighted by atomic mass is 10.1. The summed E-state index contributed by atoms with van der Waals surface area (Å²) in [6.07, 6.45) is 0. The number of carbonyl (C=O) groups is 2. The number of aryl methyl sites for hydroxylation is 2. The standard InChI is InChI=1S/C18H21N3O4S/c1-11-4-5-12(2)16(10-11)21-18(23)17(22)20-13(3)14-6-8-15(9-7-14)26(19,24)25/h4-10,13H,1-3H3,(H,20,22)(H,21,23)(H2,19,24,25)/t13-/m0/s1. The van der Waals surface area contributed by atoms with Crippen molar-refractivity contribution in [2.45, 2.75) is 31.7 Å². The van der Waals surface area contributed by atoms with Crippen molar-refractivity contribution < 1.29 is 18.0 Å². The molecular formula is C18H21N3O4S. The molecule has 8 heteroatoms. The van der Waals surface area contributed by atoms with E-state index in [4.69, 9.17) is 5.14 Å². The number of anilines is 1. The smallest absolute Gasteiger partial charge is 0.313 e. The van der Waals surface area contributed by atoms with Crippen molar-refractivity contribution in [3.8, 4) is 0 Å². The summed E-state index contributed by atoms with van der Waals surface area (Å²) in [6.45, 7) is 5.42. The van der Waals surface area contributed by atoms with Crippen LogP contribution in [0.1, 0.15) is 29.7 Å². The zero-order valence-corrected chi connectivity index (χ0v) is 15.6. The van der Waals surface area contributed by atoms with E-state index in [1.807, 2.05) is 26.0 Å². The summed E-state index contributed by atoms with van der Waals surface area (Å²) in [5.41, 5.74) is 3.04. The lowest BCUT2D eigenvalue weighted by Crippen LogP contribution is -2.37. The van der Waals surface area contributed by atoms with Crippen LogP contribution in [0.2, 0.25) is 0 Å². The van der Waals surface area contributed by atoms with Gasteiger partial charge in [-0.1, -0.05) is 24.3 Å². The number of carbonyl (C=O) groups excluding carboxylic acids is 2. The second-order valence-electron chi connectivity index (χ2n) is 6.08. The Kier molecular flexibility index (Phi) is 5.79. The van der Waals surface area contributed by atoms with Gasteiger partial charge in [-0.15, -0.1) is 0 Å². The van der Waals surface area contributed by atoms with Gasteiger partial charge in [0.25, 0.3) is 0 Å². The highest BCUT2D eigenvalue weighted by atomic mass is 32.2. The van der Waals surface area contributed by atoms with E-state index < -0.39 is 27.9 Å². The first-order chi connectivity index (χ1) is 12.1. The van der Waals surface area contributed by atoms with Crippen molar-refractivity contribution in [1.29, 1.82) is 0 Å². The van der Waals surface area contributed by atoms with Crippen molar-refractivity contribution in [2.75, 3.05) is 5.32 Å². The molecule has 0 aliphatic heterocycles. The van der Waals surface area contributed by atoms with Gasteiger partial charge in [0.2, 0.25) is 10.0 Å². The molecule has 2 rings (SSSR count). The Hall–Kier alpha value is -2.71. The van der Waals surface area contributed by atoms with Crippen LogP contribution in [0.25, 0.3) is 0 Å². The van der Waals surface area contributed by atoms with E-state index in [1.54, 1.807) is 13.0 Å². The summed E-state index contributed by atoms with van der Waals surface area (Å²) in [4.78, 5) is 24.2. The highest BCUT2D eigenvalue weighted by Gasteiger charge is 2.18. The Labute approximate surface area is 152 Å². The molecule has 2 aromatic rings. The fourth-order valence-electron chi connectivity index (χ4n) is 2.34. The lowest BCUT2D eigenvalue weighted by molar-refractivity contribution is -0.136. The van der Waals surface area contributed by atoms with Crippen molar-refractivity contribution in [2.24, 2.45) is 5.14 Å². The summed E-state index contributed by atoms with van der Waals surface area (Å²) in [5.74, 6) is -1.55. The fraction of sp³-hybridized carbons (Fsp3) is 0.222. The van der Waals surface area contributed by atoms with Crippen LogP contribution in [0.3, 0.4) is 0 Å². The van der Waals surface area contributed by atoms with Gasteiger partial charge in [0.05, 0.1) is 10.9 Å². The fourth-order valence-corrected chi connectivity index (χ4v) is 2.86. The SMILES string of the molecule is Cc1ccc(C)c(NC(=O)C(=O)N[C@@H](C)c2ccc(S(N)(=O)=O)cc2)c1. The predicted octanol–water partition coefficient (Wildman–Crippen LogP) is 1.77. The van der Waals surface area contributed by atoms with Crippen LogP contribution >= 0.6 is 0 Å². The maximum absolute atomic E-state index is 12.1. The third-order valence-electron chi connectivity index (χ3n) is 3.90. The third kappa shape index (κ3) is 4.90. The van der Waals surface area contributed by atoms with Crippen molar-refractivity contribution in [1.82, 2.24) is 5.32 Å². The van der Waals surface area contributed by atoms with Crippen molar-refractivity contribution >= 4 is 27.5 Å². The first-order valence-corrected chi connectivity index (χ1v) is 9.44. The summed E-state index contributed by atoms with van der Waals surface area (Å²) < 4.78 is 22.5. The predicted molar refractivity (Wildman–Crippen MR) is 98.9 cm³/mol. The van der Waals surface area contributed by atoms with E-state index >= 15 is 0 Å². The molecule has 26 heavy (non-hydrogen) atoms. The number of hydrogen-bond donors (Lipinski definition) is 3. The molecule has 2 amide bonds. The van der Waals surface area contributed by atoms with Crippen LogP contribution < -0.4 is 15.8 Å². The molecule has 0 aliphatic carbocycles. The van der Waals surface area contributed by atoms with E-state index in [1.165, 1.54) is 24.3 Å². The number of primary sulfonamides is 1. The largest absolute Gasteiger partial charge is 0.341 e. The molecule has 4 N–H and O–H groups in total. The summed E-state index contributed by atoms with van der Waals surface area (Å²) in [7, 11) is -3.78. The van der Waals surface area contributed by atoms with Gasteiger partial charge in [0.1, 0.15) is 0 Å². The second kappa shape index (κ2) is 7.67. The molecule has 138 valence electrons. The Morgan fingerprint density at radius 2 is 1.62 bits per heavy atom. The normalized spacial score (nSPS) is 12.3. The van der Waals surface area contributed by atoms with Crippen molar-refractivity contribution in [3.05, 3.63) is 59.2 Å². The van der Waals surface area contributed by atoms with E-state index in [9.17, 15) is 18.0 Å². The molecule has 0 spiro atoms. The van der Waals surface area contributed by atoms with Crippen LogP contribution in [0.5, 0.6) is 0 Å². The topological polar surface area (TPSA) is 118 Å². The molecule has 7 nitrogen and oxygen atoms in total. The Morgan fingerprint density at radius 1 is 1.00 bits per heavy atom. The van der Waals surface area contributed by atoms with E-state index in [-0.39, 0.29) is 4.90 Å². The molecule has 0 aliphatic rings. The Balaban J connectivity index is 2.04. The molecule has 0 heterocycles. The van der Waals surface area contributed by atoms with Crippen molar-refractivity contribution in [3.63, 3.8) is 0 Å². The second-order valence-corrected chi connectivity index (χ2v) is 7.64. The number of amides is 2. The Morgan fingerprint density at radius 3 is 2.19 bits per heavy atom. The maximum Gasteiger partial charge on any atom is 0.313 e. The summed E-state index contributed by atoms with van der Waals surface area (Å²) in [6, 6.07) is 10.8. The number of benzene rings is 2. The maximum atomic E-state index is 12.1. The zero-order valence-electron chi connectivity index (χ0n) is 14.7. The monoisotopic (exact) mass is 375 g/mol. The average Bonchev–Trinajstić information content (AvgIpc) is 2.57. The minimum absolute atomic E-state index is 0.0209. The van der Waals surface area contributed by atoms with Gasteiger partial charge in [-0.25, -0.2) is 13.6 Å². The molecule has 0 saturated heterocycles. The quantitative estimate of drug-likeness (QED) is 0.706. The van der Waals surface area contributed by atoms with Gasteiger partial charge in [0, 0.05) is 5.69 Å². The molecular weight excluding hydrogens is 354 g/mol. The molecule has 0 unspecified atom stereocenters. The van der Waals surface area contributed by atoms with Gasteiger partial charge in [-0.2, -0.15) is 0 Å². The molecule has 0 saturated carbocycles. The molecule has 0 aromatic heterocycles. The van der Waals surface area contributed by atoms with Gasteiger partial charge in [-0.05, 0) is 55.7 Å². The van der Waals surface area contributed by atoms with Crippen LogP contribution in [-0.4, -0.2) is 20.2 Å². The molecule has 0 bridgehead atoms. The first-order valence-electron chi connectivity index (χ1n) is 7.90. The van der Waals surface area contributed by atoms with Gasteiger partial charge < -0.3 is 10.6 Å².